The molecule has 0 spiro atoms. The minimum absolute atomic E-state index is 0.0218. The lowest BCUT2D eigenvalue weighted by Gasteiger charge is -2.20. The number of hydrogen-bond acceptors (Lipinski definition) is 6. The van der Waals surface area contributed by atoms with Crippen LogP contribution in [-0.4, -0.2) is 75.8 Å². The monoisotopic (exact) mass is 432 g/mol. The zero-order valence-electron chi connectivity index (χ0n) is 19.0. The Labute approximate surface area is 187 Å². The van der Waals surface area contributed by atoms with Gasteiger partial charge in [0, 0.05) is 30.9 Å². The molecule has 5 rings (SSSR count). The van der Waals surface area contributed by atoms with E-state index in [0.717, 1.165) is 60.6 Å². The maximum Gasteiger partial charge on any atom is 0.257 e. The van der Waals surface area contributed by atoms with Crippen LogP contribution in [0.3, 0.4) is 0 Å². The molecule has 2 aromatic heterocycles. The molecule has 32 heavy (non-hydrogen) atoms. The zero-order chi connectivity index (χ0) is 22.4. The zero-order valence-corrected chi connectivity index (χ0v) is 19.0. The van der Waals surface area contributed by atoms with E-state index in [-0.39, 0.29) is 5.91 Å². The second-order valence-electron chi connectivity index (χ2n) is 8.78. The first kappa shape index (κ1) is 20.6. The molecule has 8 nitrogen and oxygen atoms in total. The van der Waals surface area contributed by atoms with Crippen molar-refractivity contribution in [3.05, 3.63) is 53.0 Å². The SMILES string of the molecule is COc1ccc2c(c1)CCc1cnc(-n3ncc(C(=O)N4CC[C@@H](N(C)C)C4)c3C)nc1-2. The molecule has 8 heteroatoms. The van der Waals surface area contributed by atoms with Crippen molar-refractivity contribution in [1.29, 1.82) is 0 Å². The van der Waals surface area contributed by atoms with Crippen LogP contribution in [0.25, 0.3) is 17.2 Å². The van der Waals surface area contributed by atoms with Gasteiger partial charge < -0.3 is 14.5 Å². The van der Waals surface area contributed by atoms with E-state index in [1.165, 1.54) is 5.56 Å². The number of benzene rings is 1. The second kappa shape index (κ2) is 8.02. The fourth-order valence-corrected chi connectivity index (χ4v) is 4.66. The third-order valence-corrected chi connectivity index (χ3v) is 6.69. The predicted octanol–water partition coefficient (Wildman–Crippen LogP) is 2.52. The lowest BCUT2D eigenvalue weighted by atomic mass is 9.90. The quantitative estimate of drug-likeness (QED) is 0.631. The minimum atomic E-state index is 0.0218. The molecule has 0 unspecified atom stereocenters. The summed E-state index contributed by atoms with van der Waals surface area (Å²) >= 11 is 0. The molecular formula is C24H28N6O2. The summed E-state index contributed by atoms with van der Waals surface area (Å²) in [7, 11) is 5.80. The smallest absolute Gasteiger partial charge is 0.257 e. The van der Waals surface area contributed by atoms with E-state index in [9.17, 15) is 4.79 Å². The molecule has 3 heterocycles. The van der Waals surface area contributed by atoms with Gasteiger partial charge in [-0.05, 0) is 69.6 Å². The number of nitrogens with zero attached hydrogens (tertiary/aromatic N) is 6. The van der Waals surface area contributed by atoms with Crippen molar-refractivity contribution in [2.24, 2.45) is 0 Å². The van der Waals surface area contributed by atoms with Gasteiger partial charge in [0.15, 0.2) is 0 Å². The van der Waals surface area contributed by atoms with Crippen molar-refractivity contribution in [3.63, 3.8) is 0 Å². The van der Waals surface area contributed by atoms with Crippen LogP contribution in [0.1, 0.15) is 33.6 Å². The van der Waals surface area contributed by atoms with Gasteiger partial charge in [-0.25, -0.2) is 14.6 Å². The molecule has 166 valence electrons. The van der Waals surface area contributed by atoms with Gasteiger partial charge in [0.05, 0.1) is 30.3 Å². The summed E-state index contributed by atoms with van der Waals surface area (Å²) in [6.07, 6.45) is 6.34. The molecule has 1 aromatic carbocycles. The van der Waals surface area contributed by atoms with E-state index in [4.69, 9.17) is 9.72 Å². The Kier molecular flexibility index (Phi) is 5.17. The molecule has 0 N–H and O–H groups in total. The van der Waals surface area contributed by atoms with E-state index in [0.29, 0.717) is 17.6 Å². The van der Waals surface area contributed by atoms with Gasteiger partial charge in [0.25, 0.3) is 11.9 Å². The average molecular weight is 433 g/mol. The summed E-state index contributed by atoms with van der Waals surface area (Å²) in [5.74, 6) is 1.36. The number of ether oxygens (including phenoxy) is 1. The summed E-state index contributed by atoms with van der Waals surface area (Å²) in [6, 6.07) is 6.50. The minimum Gasteiger partial charge on any atom is -0.497 e. The molecule has 1 atom stereocenters. The van der Waals surface area contributed by atoms with Crippen molar-refractivity contribution in [3.8, 4) is 23.0 Å². The number of carbonyl (C=O) groups excluding carboxylic acids is 1. The number of likely N-dealkylation sites (N-methyl/N-ethyl adjacent to an activating group) is 1. The summed E-state index contributed by atoms with van der Waals surface area (Å²) in [5.41, 5.74) is 5.74. The van der Waals surface area contributed by atoms with Crippen LogP contribution in [0.15, 0.2) is 30.6 Å². The Bertz CT molecular complexity index is 1190. The van der Waals surface area contributed by atoms with Gasteiger partial charge in [0.2, 0.25) is 0 Å². The standard InChI is InChI=1S/C24H28N6O2/c1-15-21(23(31)29-10-9-18(14-29)28(2)3)13-26-30(15)24-25-12-17-6-5-16-11-19(32-4)7-8-20(16)22(17)27-24/h7-8,11-13,18H,5-6,9-10,14H2,1-4H3/t18-/m1/s1. The predicted molar refractivity (Wildman–Crippen MR) is 121 cm³/mol. The average Bonchev–Trinajstić information content (AvgIpc) is 3.45. The van der Waals surface area contributed by atoms with Crippen LogP contribution >= 0.6 is 0 Å². The Morgan fingerprint density at radius 1 is 1.19 bits per heavy atom. The molecule has 2 aliphatic rings. The van der Waals surface area contributed by atoms with Crippen molar-refractivity contribution in [2.45, 2.75) is 32.2 Å². The largest absolute Gasteiger partial charge is 0.497 e. The van der Waals surface area contributed by atoms with Gasteiger partial charge in [-0.2, -0.15) is 5.10 Å². The highest BCUT2D eigenvalue weighted by atomic mass is 16.5. The van der Waals surface area contributed by atoms with E-state index in [1.807, 2.05) is 24.1 Å². The Balaban J connectivity index is 1.46. The van der Waals surface area contributed by atoms with Crippen molar-refractivity contribution in [1.82, 2.24) is 29.5 Å². The van der Waals surface area contributed by atoms with Crippen molar-refractivity contribution in [2.75, 3.05) is 34.3 Å². The lowest BCUT2D eigenvalue weighted by Crippen LogP contribution is -2.34. The molecular weight excluding hydrogens is 404 g/mol. The summed E-state index contributed by atoms with van der Waals surface area (Å²) in [6.45, 7) is 3.41. The van der Waals surface area contributed by atoms with Gasteiger partial charge in [-0.15, -0.1) is 0 Å². The Hall–Kier alpha value is -3.26. The van der Waals surface area contributed by atoms with E-state index < -0.39 is 0 Å². The molecule has 1 saturated heterocycles. The van der Waals surface area contributed by atoms with Crippen LogP contribution < -0.4 is 4.74 Å². The fraction of sp³-hybridized carbons (Fsp3) is 0.417. The lowest BCUT2D eigenvalue weighted by molar-refractivity contribution is 0.0782. The third kappa shape index (κ3) is 3.44. The van der Waals surface area contributed by atoms with Crippen LogP contribution in [0, 0.1) is 6.92 Å². The topological polar surface area (TPSA) is 76.4 Å². The molecule has 1 aliphatic carbocycles. The number of aryl methyl sites for hydroxylation is 2. The fourth-order valence-electron chi connectivity index (χ4n) is 4.66. The maximum absolute atomic E-state index is 13.1. The highest BCUT2D eigenvalue weighted by Gasteiger charge is 2.30. The normalized spacial score (nSPS) is 17.4. The van der Waals surface area contributed by atoms with Crippen LogP contribution in [0.2, 0.25) is 0 Å². The maximum atomic E-state index is 13.1. The number of likely N-dealkylation sites (tertiary alicyclic amines) is 1. The molecule has 3 aromatic rings. The molecule has 1 amide bonds. The number of amides is 1. The molecule has 1 fully saturated rings. The van der Waals surface area contributed by atoms with Crippen LogP contribution in [0.5, 0.6) is 5.75 Å². The molecule has 0 radical (unpaired) electrons. The van der Waals surface area contributed by atoms with Crippen LogP contribution in [-0.2, 0) is 12.8 Å². The highest BCUT2D eigenvalue weighted by molar-refractivity contribution is 5.95. The van der Waals surface area contributed by atoms with Gasteiger partial charge in [0.1, 0.15) is 5.75 Å². The first-order valence-electron chi connectivity index (χ1n) is 11.0. The first-order valence-corrected chi connectivity index (χ1v) is 11.0. The highest BCUT2D eigenvalue weighted by Crippen LogP contribution is 2.34. The summed E-state index contributed by atoms with van der Waals surface area (Å²) < 4.78 is 7.05. The van der Waals surface area contributed by atoms with Gasteiger partial charge in [-0.1, -0.05) is 0 Å². The van der Waals surface area contributed by atoms with Crippen molar-refractivity contribution >= 4 is 5.91 Å². The molecule has 0 saturated carbocycles. The number of fused-ring (bicyclic) bond motifs is 3. The van der Waals surface area contributed by atoms with Gasteiger partial charge >= 0.3 is 0 Å². The third-order valence-electron chi connectivity index (χ3n) is 6.69. The van der Waals surface area contributed by atoms with E-state index >= 15 is 0 Å². The Morgan fingerprint density at radius 3 is 2.75 bits per heavy atom. The number of methoxy groups -OCH3 is 1. The number of carbonyl (C=O) groups is 1. The van der Waals surface area contributed by atoms with Crippen LogP contribution in [0.4, 0.5) is 0 Å². The number of aromatic nitrogens is 4. The Morgan fingerprint density at radius 2 is 2.00 bits per heavy atom. The van der Waals surface area contributed by atoms with Gasteiger partial charge in [-0.3, -0.25) is 4.79 Å². The summed E-state index contributed by atoms with van der Waals surface area (Å²) in [4.78, 5) is 26.7. The molecule has 1 aliphatic heterocycles. The summed E-state index contributed by atoms with van der Waals surface area (Å²) in [5, 5.41) is 4.48. The first-order chi connectivity index (χ1) is 15.5. The van der Waals surface area contributed by atoms with E-state index in [1.54, 1.807) is 18.0 Å². The number of rotatable bonds is 4. The van der Waals surface area contributed by atoms with E-state index in [2.05, 4.69) is 41.2 Å². The molecule has 0 bridgehead atoms. The van der Waals surface area contributed by atoms with Crippen molar-refractivity contribution < 1.29 is 9.53 Å². The number of hydrogen-bond donors (Lipinski definition) is 0. The second-order valence-corrected chi connectivity index (χ2v) is 8.78.